The van der Waals surface area contributed by atoms with Crippen molar-refractivity contribution in [2.75, 3.05) is 10.6 Å². The van der Waals surface area contributed by atoms with Crippen molar-refractivity contribution in [3.8, 4) is 0 Å². The van der Waals surface area contributed by atoms with Crippen molar-refractivity contribution < 1.29 is 4.79 Å². The van der Waals surface area contributed by atoms with Crippen molar-refractivity contribution in [2.24, 2.45) is 0 Å². The molecule has 0 spiro atoms. The number of hydrogen-bond acceptors (Lipinski definition) is 2. The topological polar surface area (TPSA) is 41.1 Å². The normalized spacial score (nSPS) is 17.2. The number of nitrogens with one attached hydrogen (secondary N) is 2. The molecule has 0 aromatic heterocycles. The third kappa shape index (κ3) is 1.84. The van der Waals surface area contributed by atoms with Gasteiger partial charge in [-0.25, -0.2) is 0 Å². The molecule has 0 fully saturated rings. The third-order valence-corrected chi connectivity index (χ3v) is 3.15. The van der Waals surface area contributed by atoms with Crippen molar-refractivity contribution in [1.29, 1.82) is 0 Å². The number of hydrogen-bond donors (Lipinski definition) is 2. The van der Waals surface area contributed by atoms with Crippen molar-refractivity contribution in [3.05, 3.63) is 59.7 Å². The zero-order valence-corrected chi connectivity index (χ0v) is 10.1. The fourth-order valence-electron chi connectivity index (χ4n) is 2.17. The van der Waals surface area contributed by atoms with Crippen molar-refractivity contribution in [2.45, 2.75) is 13.0 Å². The number of fused-ring (bicyclic) bond motifs is 1. The Labute approximate surface area is 106 Å². The highest BCUT2D eigenvalue weighted by atomic mass is 16.2. The molecule has 18 heavy (non-hydrogen) atoms. The SMILES string of the molecule is Cc1ccc(NC2C(=O)Nc3ccccc32)cc1. The lowest BCUT2D eigenvalue weighted by Crippen LogP contribution is -2.19. The predicted molar refractivity (Wildman–Crippen MR) is 72.6 cm³/mol. The van der Waals surface area contributed by atoms with Crippen molar-refractivity contribution >= 4 is 17.3 Å². The Morgan fingerprint density at radius 1 is 1.06 bits per heavy atom. The van der Waals surface area contributed by atoms with E-state index < -0.39 is 0 Å². The number of benzene rings is 2. The largest absolute Gasteiger partial charge is 0.370 e. The van der Waals surface area contributed by atoms with Crippen LogP contribution >= 0.6 is 0 Å². The van der Waals surface area contributed by atoms with Crippen LogP contribution in [0.4, 0.5) is 11.4 Å². The molecule has 1 aliphatic rings. The molecular weight excluding hydrogens is 224 g/mol. The number of amides is 1. The average Bonchev–Trinajstić information content (AvgIpc) is 2.69. The van der Waals surface area contributed by atoms with Gasteiger partial charge in [0.15, 0.2) is 0 Å². The van der Waals surface area contributed by atoms with Gasteiger partial charge in [0.25, 0.3) is 5.91 Å². The maximum Gasteiger partial charge on any atom is 0.251 e. The summed E-state index contributed by atoms with van der Waals surface area (Å²) >= 11 is 0. The Morgan fingerprint density at radius 3 is 2.56 bits per heavy atom. The standard InChI is InChI=1S/C15H14N2O/c1-10-6-8-11(9-7-10)16-14-12-4-2-3-5-13(12)17-15(14)18/h2-9,14,16H,1H3,(H,17,18). The Kier molecular flexibility index (Phi) is 2.52. The van der Waals surface area contributed by atoms with Crippen LogP contribution in [0.25, 0.3) is 0 Å². The minimum Gasteiger partial charge on any atom is -0.370 e. The van der Waals surface area contributed by atoms with E-state index in [1.54, 1.807) is 0 Å². The molecule has 0 saturated heterocycles. The van der Waals surface area contributed by atoms with Gasteiger partial charge in [0, 0.05) is 16.9 Å². The summed E-state index contributed by atoms with van der Waals surface area (Å²) in [5.74, 6) is -0.00299. The zero-order chi connectivity index (χ0) is 12.5. The van der Waals surface area contributed by atoms with Crippen LogP contribution in [0.1, 0.15) is 17.2 Å². The molecular formula is C15H14N2O. The fraction of sp³-hybridized carbons (Fsp3) is 0.133. The van der Waals surface area contributed by atoms with Crippen LogP contribution in [-0.4, -0.2) is 5.91 Å². The first-order valence-corrected chi connectivity index (χ1v) is 5.97. The molecule has 1 amide bonds. The maximum atomic E-state index is 11.9. The molecule has 3 heteroatoms. The van der Waals surface area contributed by atoms with Gasteiger partial charge < -0.3 is 10.6 Å². The van der Waals surface area contributed by atoms with E-state index in [1.165, 1.54) is 5.56 Å². The quantitative estimate of drug-likeness (QED) is 0.844. The summed E-state index contributed by atoms with van der Waals surface area (Å²) in [5.41, 5.74) is 4.06. The molecule has 2 N–H and O–H groups in total. The van der Waals surface area contributed by atoms with Gasteiger partial charge in [0.2, 0.25) is 0 Å². The summed E-state index contributed by atoms with van der Waals surface area (Å²) in [6, 6.07) is 15.5. The van der Waals surface area contributed by atoms with Gasteiger partial charge in [0.05, 0.1) is 0 Å². The minimum atomic E-state index is -0.302. The molecule has 1 atom stereocenters. The smallest absolute Gasteiger partial charge is 0.251 e. The molecule has 1 heterocycles. The van der Waals surface area contributed by atoms with Gasteiger partial charge in [-0.3, -0.25) is 4.79 Å². The molecule has 0 aliphatic carbocycles. The van der Waals surface area contributed by atoms with E-state index in [1.807, 2.05) is 55.5 Å². The Balaban J connectivity index is 1.89. The van der Waals surface area contributed by atoms with Crippen LogP contribution < -0.4 is 10.6 Å². The van der Waals surface area contributed by atoms with E-state index in [4.69, 9.17) is 0 Å². The van der Waals surface area contributed by atoms with Gasteiger partial charge in [-0.2, -0.15) is 0 Å². The highest BCUT2D eigenvalue weighted by Gasteiger charge is 2.29. The number of anilines is 2. The van der Waals surface area contributed by atoms with Crippen LogP contribution in [0.15, 0.2) is 48.5 Å². The second kappa shape index (κ2) is 4.18. The van der Waals surface area contributed by atoms with Crippen LogP contribution in [0.2, 0.25) is 0 Å². The first-order valence-electron chi connectivity index (χ1n) is 5.97. The number of carbonyl (C=O) groups is 1. The highest BCUT2D eigenvalue weighted by Crippen LogP contribution is 2.32. The molecule has 3 nitrogen and oxygen atoms in total. The van der Waals surface area contributed by atoms with Crippen molar-refractivity contribution in [1.82, 2.24) is 0 Å². The molecule has 2 aromatic carbocycles. The predicted octanol–water partition coefficient (Wildman–Crippen LogP) is 3.10. The summed E-state index contributed by atoms with van der Waals surface area (Å²) in [6.45, 7) is 2.04. The van der Waals surface area contributed by atoms with Gasteiger partial charge in [-0.1, -0.05) is 35.9 Å². The van der Waals surface area contributed by atoms with Gasteiger partial charge in [-0.05, 0) is 25.1 Å². The summed E-state index contributed by atoms with van der Waals surface area (Å²) in [7, 11) is 0. The van der Waals surface area contributed by atoms with E-state index in [2.05, 4.69) is 10.6 Å². The maximum absolute atomic E-state index is 11.9. The van der Waals surface area contributed by atoms with Crippen LogP contribution in [0.3, 0.4) is 0 Å². The lowest BCUT2D eigenvalue weighted by molar-refractivity contribution is -0.116. The van der Waals surface area contributed by atoms with Crippen LogP contribution in [0, 0.1) is 6.92 Å². The third-order valence-electron chi connectivity index (χ3n) is 3.15. The highest BCUT2D eigenvalue weighted by molar-refractivity contribution is 6.04. The van der Waals surface area contributed by atoms with Crippen LogP contribution in [0.5, 0.6) is 0 Å². The number of para-hydroxylation sites is 1. The number of rotatable bonds is 2. The second-order valence-corrected chi connectivity index (χ2v) is 4.52. The molecule has 1 unspecified atom stereocenters. The fourth-order valence-corrected chi connectivity index (χ4v) is 2.17. The zero-order valence-electron chi connectivity index (χ0n) is 10.1. The van der Waals surface area contributed by atoms with Crippen molar-refractivity contribution in [3.63, 3.8) is 0 Å². The van der Waals surface area contributed by atoms with Gasteiger partial charge in [-0.15, -0.1) is 0 Å². The molecule has 90 valence electrons. The Morgan fingerprint density at radius 2 is 1.78 bits per heavy atom. The molecule has 0 saturated carbocycles. The summed E-state index contributed by atoms with van der Waals surface area (Å²) < 4.78 is 0. The molecule has 1 aliphatic heterocycles. The molecule has 0 bridgehead atoms. The summed E-state index contributed by atoms with van der Waals surface area (Å²) in [5, 5.41) is 6.14. The molecule has 3 rings (SSSR count). The first-order chi connectivity index (χ1) is 8.74. The second-order valence-electron chi connectivity index (χ2n) is 4.52. The van der Waals surface area contributed by atoms with Gasteiger partial charge >= 0.3 is 0 Å². The lowest BCUT2D eigenvalue weighted by atomic mass is 10.1. The van der Waals surface area contributed by atoms with E-state index in [-0.39, 0.29) is 11.9 Å². The van der Waals surface area contributed by atoms with Crippen LogP contribution in [-0.2, 0) is 4.79 Å². The first kappa shape index (κ1) is 10.8. The Hall–Kier alpha value is -2.29. The van der Waals surface area contributed by atoms with E-state index in [9.17, 15) is 4.79 Å². The number of aryl methyl sites for hydroxylation is 1. The molecule has 2 aromatic rings. The number of carbonyl (C=O) groups excluding carboxylic acids is 1. The minimum absolute atomic E-state index is 0.00299. The Bertz CT molecular complexity index is 590. The van der Waals surface area contributed by atoms with E-state index >= 15 is 0 Å². The lowest BCUT2D eigenvalue weighted by Gasteiger charge is -2.13. The average molecular weight is 238 g/mol. The van der Waals surface area contributed by atoms with Gasteiger partial charge in [0.1, 0.15) is 6.04 Å². The summed E-state index contributed by atoms with van der Waals surface area (Å²) in [6.07, 6.45) is 0. The van der Waals surface area contributed by atoms with E-state index in [0.717, 1.165) is 16.9 Å². The monoisotopic (exact) mass is 238 g/mol. The van der Waals surface area contributed by atoms with E-state index in [0.29, 0.717) is 0 Å². The summed E-state index contributed by atoms with van der Waals surface area (Å²) in [4.78, 5) is 11.9. The molecule has 0 radical (unpaired) electrons.